The Kier molecular flexibility index (Phi) is 5.67. The van der Waals surface area contributed by atoms with Crippen LogP contribution in [0.25, 0.3) is 0 Å². The molecule has 3 nitrogen and oxygen atoms in total. The van der Waals surface area contributed by atoms with Crippen LogP contribution in [0.5, 0.6) is 0 Å². The lowest BCUT2D eigenvalue weighted by molar-refractivity contribution is -0.929. The predicted octanol–water partition coefficient (Wildman–Crippen LogP) is 4.39. The molecule has 1 aliphatic heterocycles. The van der Waals surface area contributed by atoms with Crippen LogP contribution in [-0.4, -0.2) is 12.5 Å². The maximum atomic E-state index is 12.5. The van der Waals surface area contributed by atoms with E-state index in [1.165, 1.54) is 16.7 Å². The van der Waals surface area contributed by atoms with Crippen molar-refractivity contribution >= 4 is 34.8 Å². The number of halogens is 2. The zero-order valence-electron chi connectivity index (χ0n) is 15.3. The van der Waals surface area contributed by atoms with Crippen LogP contribution in [0.1, 0.15) is 27.0 Å². The average molecular weight is 412 g/mol. The van der Waals surface area contributed by atoms with Gasteiger partial charge in [0.1, 0.15) is 13.1 Å². The second-order valence-corrected chi connectivity index (χ2v) is 7.91. The van der Waals surface area contributed by atoms with Gasteiger partial charge in [-0.3, -0.25) is 4.79 Å². The first-order valence-electron chi connectivity index (χ1n) is 9.35. The number of carbonyl (C=O) groups is 1. The molecule has 0 saturated carbocycles. The molecule has 0 aliphatic carbocycles. The van der Waals surface area contributed by atoms with E-state index in [1.54, 1.807) is 23.1 Å². The van der Waals surface area contributed by atoms with E-state index < -0.39 is 0 Å². The molecule has 142 valence electrons. The van der Waals surface area contributed by atoms with E-state index in [2.05, 4.69) is 29.6 Å². The molecule has 0 saturated heterocycles. The molecule has 3 aromatic rings. The van der Waals surface area contributed by atoms with Crippen molar-refractivity contribution in [2.24, 2.45) is 0 Å². The van der Waals surface area contributed by atoms with Gasteiger partial charge < -0.3 is 10.2 Å². The molecule has 3 aromatic carbocycles. The number of quaternary nitrogens is 1. The molecule has 28 heavy (non-hydrogen) atoms. The number of benzene rings is 3. The summed E-state index contributed by atoms with van der Waals surface area (Å²) >= 11 is 12.1. The zero-order valence-corrected chi connectivity index (χ0v) is 16.9. The Labute approximate surface area is 174 Å². The van der Waals surface area contributed by atoms with Crippen molar-refractivity contribution in [3.63, 3.8) is 0 Å². The summed E-state index contributed by atoms with van der Waals surface area (Å²) in [5, 5.41) is 3.59. The number of hydrogen-bond acceptors (Lipinski definition) is 1. The van der Waals surface area contributed by atoms with Crippen molar-refractivity contribution in [2.45, 2.75) is 19.5 Å². The molecule has 1 unspecified atom stereocenters. The molecule has 2 N–H and O–H groups in total. The molecule has 1 atom stereocenters. The number of nitrogens with one attached hydrogen (secondary N) is 2. The third-order valence-corrected chi connectivity index (χ3v) is 6.00. The SMILES string of the molecule is O=C(Nc1cccc(Cl)c1Cl)c1ccc(C[NH+]2CCc3ccccc3C2)cc1. The summed E-state index contributed by atoms with van der Waals surface area (Å²) in [7, 11) is 0. The summed E-state index contributed by atoms with van der Waals surface area (Å²) in [5.74, 6) is -0.199. The van der Waals surface area contributed by atoms with Gasteiger partial charge in [-0.2, -0.15) is 0 Å². The van der Waals surface area contributed by atoms with Crippen molar-refractivity contribution in [3.8, 4) is 0 Å². The lowest BCUT2D eigenvalue weighted by Gasteiger charge is -2.26. The monoisotopic (exact) mass is 411 g/mol. The maximum Gasteiger partial charge on any atom is 0.255 e. The summed E-state index contributed by atoms with van der Waals surface area (Å²) in [4.78, 5) is 14.0. The summed E-state index contributed by atoms with van der Waals surface area (Å²) in [6.45, 7) is 3.13. The van der Waals surface area contributed by atoms with E-state index in [0.717, 1.165) is 26.1 Å². The fourth-order valence-corrected chi connectivity index (χ4v) is 4.00. The topological polar surface area (TPSA) is 33.5 Å². The Hall–Kier alpha value is -2.33. The van der Waals surface area contributed by atoms with Gasteiger partial charge in [0.15, 0.2) is 0 Å². The Morgan fingerprint density at radius 3 is 2.46 bits per heavy atom. The number of anilines is 1. The van der Waals surface area contributed by atoms with Crippen LogP contribution in [0.2, 0.25) is 10.0 Å². The fourth-order valence-electron chi connectivity index (χ4n) is 3.65. The second-order valence-electron chi connectivity index (χ2n) is 7.12. The van der Waals surface area contributed by atoms with E-state index >= 15 is 0 Å². The summed E-state index contributed by atoms with van der Waals surface area (Å²) in [6, 6.07) is 21.6. The first-order chi connectivity index (χ1) is 13.6. The molecule has 0 radical (unpaired) electrons. The molecule has 1 heterocycles. The second kappa shape index (κ2) is 8.36. The zero-order chi connectivity index (χ0) is 19.5. The summed E-state index contributed by atoms with van der Waals surface area (Å²) < 4.78 is 0. The Morgan fingerprint density at radius 2 is 1.68 bits per heavy atom. The lowest BCUT2D eigenvalue weighted by atomic mass is 9.99. The first kappa shape index (κ1) is 19.0. The van der Waals surface area contributed by atoms with Gasteiger partial charge in [0.05, 0.1) is 22.3 Å². The third kappa shape index (κ3) is 4.22. The van der Waals surface area contributed by atoms with Gasteiger partial charge in [-0.25, -0.2) is 0 Å². The van der Waals surface area contributed by atoms with Crippen LogP contribution in [0.15, 0.2) is 66.7 Å². The van der Waals surface area contributed by atoms with Crippen LogP contribution in [0.4, 0.5) is 5.69 Å². The van der Waals surface area contributed by atoms with Crippen molar-refractivity contribution < 1.29 is 9.69 Å². The highest BCUT2D eigenvalue weighted by atomic mass is 35.5. The van der Waals surface area contributed by atoms with Crippen LogP contribution < -0.4 is 10.2 Å². The Morgan fingerprint density at radius 1 is 0.929 bits per heavy atom. The normalized spacial score (nSPS) is 15.7. The first-order valence-corrected chi connectivity index (χ1v) is 10.1. The molecule has 0 aromatic heterocycles. The highest BCUT2D eigenvalue weighted by Crippen LogP contribution is 2.29. The average Bonchev–Trinajstić information content (AvgIpc) is 2.72. The van der Waals surface area contributed by atoms with Gasteiger partial charge in [0.2, 0.25) is 0 Å². The van der Waals surface area contributed by atoms with E-state index in [1.807, 2.05) is 24.3 Å². The van der Waals surface area contributed by atoms with Crippen molar-refractivity contribution in [1.82, 2.24) is 0 Å². The summed E-state index contributed by atoms with van der Waals surface area (Å²) in [6.07, 6.45) is 1.12. The van der Waals surface area contributed by atoms with Crippen molar-refractivity contribution in [1.29, 1.82) is 0 Å². The minimum absolute atomic E-state index is 0.199. The summed E-state index contributed by atoms with van der Waals surface area (Å²) in [5.41, 5.74) is 5.25. The van der Waals surface area contributed by atoms with Gasteiger partial charge in [-0.05, 0) is 29.8 Å². The lowest BCUT2D eigenvalue weighted by Crippen LogP contribution is -3.10. The fraction of sp³-hybridized carbons (Fsp3) is 0.174. The van der Waals surface area contributed by atoms with E-state index in [4.69, 9.17) is 23.2 Å². The third-order valence-electron chi connectivity index (χ3n) is 5.18. The Bertz CT molecular complexity index is 1000. The van der Waals surface area contributed by atoms with E-state index in [9.17, 15) is 4.79 Å². The van der Waals surface area contributed by atoms with Crippen LogP contribution >= 0.6 is 23.2 Å². The molecular weight excluding hydrogens is 391 g/mol. The molecule has 4 rings (SSSR count). The smallest absolute Gasteiger partial charge is 0.255 e. The number of carbonyl (C=O) groups excluding carboxylic acids is 1. The van der Waals surface area contributed by atoms with Gasteiger partial charge in [0, 0.05) is 23.1 Å². The van der Waals surface area contributed by atoms with Crippen LogP contribution in [0, 0.1) is 0 Å². The molecule has 1 amide bonds. The van der Waals surface area contributed by atoms with E-state index in [-0.39, 0.29) is 5.91 Å². The predicted molar refractivity (Wildman–Crippen MR) is 114 cm³/mol. The van der Waals surface area contributed by atoms with Crippen LogP contribution in [0.3, 0.4) is 0 Å². The van der Waals surface area contributed by atoms with Gasteiger partial charge in [-0.15, -0.1) is 0 Å². The maximum absolute atomic E-state index is 12.5. The number of amides is 1. The Balaban J connectivity index is 1.40. The largest absolute Gasteiger partial charge is 0.327 e. The minimum atomic E-state index is -0.199. The van der Waals surface area contributed by atoms with Gasteiger partial charge in [0.25, 0.3) is 5.91 Å². The molecular formula is C23H21Cl2N2O+. The number of fused-ring (bicyclic) bond motifs is 1. The standard InChI is InChI=1S/C23H20Cl2N2O/c24-20-6-3-7-21(22(20)25)26-23(28)18-10-8-16(9-11-18)14-27-13-12-17-4-1-2-5-19(17)15-27/h1-11H,12-15H2,(H,26,28)/p+1. The highest BCUT2D eigenvalue weighted by molar-refractivity contribution is 6.44. The van der Waals surface area contributed by atoms with Crippen molar-refractivity contribution in [2.75, 3.05) is 11.9 Å². The van der Waals surface area contributed by atoms with Crippen LogP contribution in [-0.2, 0) is 19.5 Å². The molecule has 0 fully saturated rings. The molecule has 5 heteroatoms. The number of rotatable bonds is 4. The molecule has 0 bridgehead atoms. The molecule has 0 spiro atoms. The highest BCUT2D eigenvalue weighted by Gasteiger charge is 2.19. The van der Waals surface area contributed by atoms with E-state index in [0.29, 0.717) is 21.3 Å². The number of hydrogen-bond donors (Lipinski definition) is 2. The van der Waals surface area contributed by atoms with Gasteiger partial charge >= 0.3 is 0 Å². The van der Waals surface area contributed by atoms with Gasteiger partial charge in [-0.1, -0.05) is 65.7 Å². The quantitative estimate of drug-likeness (QED) is 0.655. The minimum Gasteiger partial charge on any atom is -0.327 e. The van der Waals surface area contributed by atoms with Crippen molar-refractivity contribution in [3.05, 3.63) is 99.0 Å². The molecule has 1 aliphatic rings.